The van der Waals surface area contributed by atoms with Crippen molar-refractivity contribution in [2.75, 3.05) is 19.6 Å². The van der Waals surface area contributed by atoms with E-state index in [1.54, 1.807) is 4.90 Å². The predicted molar refractivity (Wildman–Crippen MR) is 58.7 cm³/mol. The molecule has 2 saturated heterocycles. The van der Waals surface area contributed by atoms with Crippen LogP contribution in [0.5, 0.6) is 0 Å². The molecule has 5 nitrogen and oxygen atoms in total. The molecule has 2 aliphatic heterocycles. The third-order valence-electron chi connectivity index (χ3n) is 4.03. The summed E-state index contributed by atoms with van der Waals surface area (Å²) in [5.74, 6) is -0.605. The molecule has 0 bridgehead atoms. The second-order valence-corrected chi connectivity index (χ2v) is 5.14. The van der Waals surface area contributed by atoms with Crippen LogP contribution < -0.4 is 0 Å². The topological polar surface area (TPSA) is 57.5 Å². The molecule has 0 radical (unpaired) electrons. The first-order chi connectivity index (χ1) is 8.18. The lowest BCUT2D eigenvalue weighted by atomic mass is 9.81. The van der Waals surface area contributed by atoms with E-state index in [0.29, 0.717) is 0 Å². The van der Waals surface area contributed by atoms with Crippen molar-refractivity contribution in [1.29, 1.82) is 0 Å². The molecule has 0 N–H and O–H groups in total. The van der Waals surface area contributed by atoms with Gasteiger partial charge in [0.1, 0.15) is 6.54 Å². The Kier molecular flexibility index (Phi) is 2.42. The molecule has 2 heterocycles. The van der Waals surface area contributed by atoms with E-state index in [4.69, 9.17) is 0 Å². The molecule has 1 saturated carbocycles. The molecule has 3 fully saturated rings. The van der Waals surface area contributed by atoms with Gasteiger partial charge in [-0.3, -0.25) is 19.3 Å². The van der Waals surface area contributed by atoms with Gasteiger partial charge in [0, 0.05) is 13.1 Å². The highest BCUT2D eigenvalue weighted by Crippen LogP contribution is 2.37. The number of likely N-dealkylation sites (tertiary alicyclic amines) is 1. The second kappa shape index (κ2) is 3.82. The van der Waals surface area contributed by atoms with Crippen molar-refractivity contribution < 1.29 is 14.4 Å². The van der Waals surface area contributed by atoms with Gasteiger partial charge in [0.25, 0.3) is 0 Å². The van der Waals surface area contributed by atoms with E-state index in [2.05, 4.69) is 0 Å². The molecule has 17 heavy (non-hydrogen) atoms. The summed E-state index contributed by atoms with van der Waals surface area (Å²) in [6.45, 7) is 1.49. The van der Waals surface area contributed by atoms with Gasteiger partial charge in [0.15, 0.2) is 0 Å². The molecule has 3 amide bonds. The van der Waals surface area contributed by atoms with Crippen molar-refractivity contribution >= 4 is 17.7 Å². The van der Waals surface area contributed by atoms with Gasteiger partial charge in [-0.25, -0.2) is 0 Å². The van der Waals surface area contributed by atoms with Crippen LogP contribution in [0.2, 0.25) is 0 Å². The van der Waals surface area contributed by atoms with E-state index in [1.165, 1.54) is 4.90 Å². The predicted octanol–water partition coefficient (Wildman–Crippen LogP) is 0.00380. The second-order valence-electron chi connectivity index (χ2n) is 5.14. The number of fused-ring (bicyclic) bond motifs is 1. The van der Waals surface area contributed by atoms with Gasteiger partial charge in [0.05, 0.1) is 11.8 Å². The van der Waals surface area contributed by atoms with Gasteiger partial charge >= 0.3 is 0 Å². The van der Waals surface area contributed by atoms with E-state index in [1.807, 2.05) is 0 Å². The number of hydrogen-bond donors (Lipinski definition) is 0. The van der Waals surface area contributed by atoms with E-state index < -0.39 is 0 Å². The SMILES string of the molecule is O=C(CN1C(=O)[C@H]2CCCC[C@@H]2C1=O)N1CC1. The van der Waals surface area contributed by atoms with Crippen LogP contribution >= 0.6 is 0 Å². The van der Waals surface area contributed by atoms with Crippen LogP contribution in [0.3, 0.4) is 0 Å². The van der Waals surface area contributed by atoms with E-state index in [9.17, 15) is 14.4 Å². The highest BCUT2D eigenvalue weighted by Gasteiger charge is 2.49. The van der Waals surface area contributed by atoms with Crippen molar-refractivity contribution in [2.45, 2.75) is 25.7 Å². The summed E-state index contributed by atoms with van der Waals surface area (Å²) in [5.41, 5.74) is 0. The lowest BCUT2D eigenvalue weighted by Gasteiger charge is -2.19. The Bertz CT molecular complexity index is 365. The number of nitrogens with zero attached hydrogens (tertiary/aromatic N) is 2. The van der Waals surface area contributed by atoms with E-state index in [0.717, 1.165) is 38.8 Å². The monoisotopic (exact) mass is 236 g/mol. The fourth-order valence-corrected chi connectivity index (χ4v) is 2.92. The highest BCUT2D eigenvalue weighted by molar-refractivity contribution is 6.07. The van der Waals surface area contributed by atoms with Crippen molar-refractivity contribution in [1.82, 2.24) is 9.80 Å². The summed E-state index contributed by atoms with van der Waals surface area (Å²) >= 11 is 0. The molecule has 0 spiro atoms. The zero-order valence-electron chi connectivity index (χ0n) is 9.72. The number of hydrogen-bond acceptors (Lipinski definition) is 3. The summed E-state index contributed by atoms with van der Waals surface area (Å²) in [6, 6.07) is 0. The largest absolute Gasteiger partial charge is 0.338 e. The normalized spacial score (nSPS) is 31.8. The Balaban J connectivity index is 1.73. The Hall–Kier alpha value is -1.39. The molecular weight excluding hydrogens is 220 g/mol. The van der Waals surface area contributed by atoms with Crippen LogP contribution in [0.1, 0.15) is 25.7 Å². The maximum Gasteiger partial charge on any atom is 0.242 e. The molecule has 0 aromatic carbocycles. The zero-order valence-corrected chi connectivity index (χ0v) is 9.72. The van der Waals surface area contributed by atoms with Crippen molar-refractivity contribution in [3.05, 3.63) is 0 Å². The number of carbonyl (C=O) groups excluding carboxylic acids is 3. The average molecular weight is 236 g/mol. The number of imide groups is 1. The van der Waals surface area contributed by atoms with Crippen LogP contribution in [0, 0.1) is 11.8 Å². The lowest BCUT2D eigenvalue weighted by molar-refractivity contribution is -0.144. The first kappa shape index (κ1) is 10.7. The first-order valence-electron chi connectivity index (χ1n) is 6.31. The van der Waals surface area contributed by atoms with Crippen LogP contribution in [0.4, 0.5) is 0 Å². The Labute approximate surface area is 99.7 Å². The fraction of sp³-hybridized carbons (Fsp3) is 0.750. The molecule has 92 valence electrons. The van der Waals surface area contributed by atoms with Crippen molar-refractivity contribution in [3.8, 4) is 0 Å². The van der Waals surface area contributed by atoms with Gasteiger partial charge in [-0.05, 0) is 12.8 Å². The molecular formula is C12H16N2O3. The van der Waals surface area contributed by atoms with Gasteiger partial charge < -0.3 is 4.90 Å². The zero-order chi connectivity index (χ0) is 12.0. The van der Waals surface area contributed by atoms with E-state index in [-0.39, 0.29) is 36.1 Å². The summed E-state index contributed by atoms with van der Waals surface area (Å²) in [7, 11) is 0. The Morgan fingerprint density at radius 2 is 1.59 bits per heavy atom. The number of amides is 3. The molecule has 5 heteroatoms. The fourth-order valence-electron chi connectivity index (χ4n) is 2.92. The number of carbonyl (C=O) groups is 3. The van der Waals surface area contributed by atoms with Gasteiger partial charge in [-0.2, -0.15) is 0 Å². The van der Waals surface area contributed by atoms with Gasteiger partial charge in [-0.1, -0.05) is 12.8 Å². The third-order valence-corrected chi connectivity index (χ3v) is 4.03. The van der Waals surface area contributed by atoms with Crippen LogP contribution in [-0.2, 0) is 14.4 Å². The van der Waals surface area contributed by atoms with Crippen LogP contribution in [0.15, 0.2) is 0 Å². The average Bonchev–Trinajstić information content (AvgIpc) is 3.15. The standard InChI is InChI=1S/C12H16N2O3/c15-10(13-5-6-13)7-14-11(16)8-3-1-2-4-9(8)12(14)17/h8-9H,1-7H2/t8-,9-/m0/s1. The summed E-state index contributed by atoms with van der Waals surface area (Å²) in [5, 5.41) is 0. The highest BCUT2D eigenvalue weighted by atomic mass is 16.2. The summed E-state index contributed by atoms with van der Waals surface area (Å²) < 4.78 is 0. The Morgan fingerprint density at radius 3 is 2.06 bits per heavy atom. The maximum atomic E-state index is 12.1. The van der Waals surface area contributed by atoms with E-state index >= 15 is 0 Å². The smallest absolute Gasteiger partial charge is 0.242 e. The van der Waals surface area contributed by atoms with Crippen molar-refractivity contribution in [3.63, 3.8) is 0 Å². The maximum absolute atomic E-state index is 12.1. The van der Waals surface area contributed by atoms with Gasteiger partial charge in [-0.15, -0.1) is 0 Å². The molecule has 3 aliphatic rings. The minimum atomic E-state index is -0.141. The third kappa shape index (κ3) is 1.73. The molecule has 0 aromatic heterocycles. The minimum absolute atomic E-state index is 0.0370. The van der Waals surface area contributed by atoms with Crippen molar-refractivity contribution in [2.24, 2.45) is 11.8 Å². The van der Waals surface area contributed by atoms with Crippen LogP contribution in [-0.4, -0.2) is 47.2 Å². The Morgan fingerprint density at radius 1 is 1.06 bits per heavy atom. The molecule has 2 atom stereocenters. The summed E-state index contributed by atoms with van der Waals surface area (Å²) in [6.07, 6.45) is 3.66. The summed E-state index contributed by atoms with van der Waals surface area (Å²) in [4.78, 5) is 38.6. The molecule has 0 aromatic rings. The van der Waals surface area contributed by atoms with Crippen LogP contribution in [0.25, 0.3) is 0 Å². The number of rotatable bonds is 2. The molecule has 1 aliphatic carbocycles. The first-order valence-corrected chi connectivity index (χ1v) is 6.31. The lowest BCUT2D eigenvalue weighted by Crippen LogP contribution is -2.38. The molecule has 3 rings (SSSR count). The quantitative estimate of drug-likeness (QED) is 0.501. The van der Waals surface area contributed by atoms with Gasteiger partial charge in [0.2, 0.25) is 17.7 Å². The molecule has 0 unspecified atom stereocenters. The minimum Gasteiger partial charge on any atom is -0.338 e.